The summed E-state index contributed by atoms with van der Waals surface area (Å²) >= 11 is 0. The van der Waals surface area contributed by atoms with Gasteiger partial charge in [0.1, 0.15) is 5.69 Å². The van der Waals surface area contributed by atoms with Crippen LogP contribution >= 0.6 is 0 Å². The van der Waals surface area contributed by atoms with Crippen LogP contribution in [0.15, 0.2) is 24.4 Å². The van der Waals surface area contributed by atoms with Crippen LogP contribution in [0.5, 0.6) is 0 Å². The Kier molecular flexibility index (Phi) is 5.78. The number of hydrogen-bond donors (Lipinski definition) is 1. The van der Waals surface area contributed by atoms with E-state index in [1.54, 1.807) is 12.3 Å². The second kappa shape index (κ2) is 7.11. The molecule has 0 spiro atoms. The molecule has 4 heteroatoms. The molecule has 1 atom stereocenters. The number of pyridine rings is 1. The maximum atomic E-state index is 12.0. The number of nitrogens with one attached hydrogen (secondary N) is 1. The highest BCUT2D eigenvalue weighted by atomic mass is 16.1. The van der Waals surface area contributed by atoms with Crippen LogP contribution in [-0.2, 0) is 0 Å². The Balaban J connectivity index is 2.62. The molecule has 1 aromatic heterocycles. The minimum absolute atomic E-state index is 0.0944. The lowest BCUT2D eigenvalue weighted by molar-refractivity contribution is 0.0919. The smallest absolute Gasteiger partial charge is 0.270 e. The van der Waals surface area contributed by atoms with E-state index in [1.165, 1.54) is 0 Å². The van der Waals surface area contributed by atoms with Crippen molar-refractivity contribution in [3.63, 3.8) is 0 Å². The van der Waals surface area contributed by atoms with E-state index in [0.717, 1.165) is 13.0 Å². The van der Waals surface area contributed by atoms with Crippen molar-refractivity contribution in [3.8, 4) is 0 Å². The minimum atomic E-state index is -0.0944. The molecule has 1 heterocycles. The van der Waals surface area contributed by atoms with Crippen molar-refractivity contribution in [2.45, 2.75) is 26.3 Å². The van der Waals surface area contributed by atoms with Gasteiger partial charge in [-0.1, -0.05) is 19.9 Å². The average molecular weight is 249 g/mol. The van der Waals surface area contributed by atoms with Crippen molar-refractivity contribution in [2.75, 3.05) is 20.6 Å². The van der Waals surface area contributed by atoms with E-state index in [9.17, 15) is 4.79 Å². The summed E-state index contributed by atoms with van der Waals surface area (Å²) in [4.78, 5) is 18.2. The van der Waals surface area contributed by atoms with Crippen LogP contribution in [0.25, 0.3) is 0 Å². The van der Waals surface area contributed by atoms with E-state index in [1.807, 2.05) is 26.2 Å². The van der Waals surface area contributed by atoms with E-state index in [-0.39, 0.29) is 11.9 Å². The van der Waals surface area contributed by atoms with Crippen LogP contribution in [-0.4, -0.2) is 42.5 Å². The minimum Gasteiger partial charge on any atom is -0.347 e. The monoisotopic (exact) mass is 249 g/mol. The molecular weight excluding hydrogens is 226 g/mol. The molecule has 4 nitrogen and oxygen atoms in total. The summed E-state index contributed by atoms with van der Waals surface area (Å²) in [5, 5.41) is 3.05. The average Bonchev–Trinajstić information content (AvgIpc) is 2.28. The molecular formula is C14H23N3O. The number of nitrogens with zero attached hydrogens (tertiary/aromatic N) is 2. The number of amides is 1. The fraction of sp³-hybridized carbons (Fsp3) is 0.571. The molecule has 1 unspecified atom stereocenters. The van der Waals surface area contributed by atoms with Crippen molar-refractivity contribution >= 4 is 5.91 Å². The van der Waals surface area contributed by atoms with Gasteiger partial charge in [0, 0.05) is 18.8 Å². The van der Waals surface area contributed by atoms with Crippen molar-refractivity contribution in [3.05, 3.63) is 30.1 Å². The Bertz CT molecular complexity index is 353. The van der Waals surface area contributed by atoms with E-state index in [4.69, 9.17) is 0 Å². The summed E-state index contributed by atoms with van der Waals surface area (Å²) in [6.45, 7) is 5.17. The highest BCUT2D eigenvalue weighted by Gasteiger charge is 2.16. The van der Waals surface area contributed by atoms with E-state index < -0.39 is 0 Å². The molecule has 0 fully saturated rings. The van der Waals surface area contributed by atoms with Crippen LogP contribution in [0.4, 0.5) is 0 Å². The molecule has 0 bridgehead atoms. The molecule has 1 amide bonds. The first-order valence-electron chi connectivity index (χ1n) is 6.35. The van der Waals surface area contributed by atoms with Gasteiger partial charge in [0.2, 0.25) is 0 Å². The zero-order valence-electron chi connectivity index (χ0n) is 11.7. The van der Waals surface area contributed by atoms with Crippen LogP contribution in [0, 0.1) is 5.92 Å². The van der Waals surface area contributed by atoms with E-state index in [2.05, 4.69) is 29.0 Å². The van der Waals surface area contributed by atoms with Gasteiger partial charge in [0.15, 0.2) is 0 Å². The third-order valence-electron chi connectivity index (χ3n) is 2.57. The normalized spacial score (nSPS) is 12.8. The lowest BCUT2D eigenvalue weighted by Gasteiger charge is -2.23. The van der Waals surface area contributed by atoms with Crippen LogP contribution < -0.4 is 5.32 Å². The Morgan fingerprint density at radius 3 is 2.61 bits per heavy atom. The molecule has 0 saturated heterocycles. The lowest BCUT2D eigenvalue weighted by Crippen LogP contribution is -2.42. The van der Waals surface area contributed by atoms with Gasteiger partial charge in [-0.05, 0) is 38.6 Å². The van der Waals surface area contributed by atoms with Gasteiger partial charge in [-0.3, -0.25) is 9.78 Å². The maximum Gasteiger partial charge on any atom is 0.270 e. The van der Waals surface area contributed by atoms with Crippen molar-refractivity contribution in [1.82, 2.24) is 15.2 Å². The summed E-state index contributed by atoms with van der Waals surface area (Å²) in [6, 6.07) is 5.53. The Morgan fingerprint density at radius 1 is 1.39 bits per heavy atom. The molecule has 1 N–H and O–H groups in total. The third kappa shape index (κ3) is 5.27. The summed E-state index contributed by atoms with van der Waals surface area (Å²) < 4.78 is 0. The molecule has 0 saturated carbocycles. The van der Waals surface area contributed by atoms with E-state index >= 15 is 0 Å². The van der Waals surface area contributed by atoms with Crippen LogP contribution in [0.3, 0.4) is 0 Å². The highest BCUT2D eigenvalue weighted by molar-refractivity contribution is 5.92. The van der Waals surface area contributed by atoms with Crippen LogP contribution in [0.2, 0.25) is 0 Å². The summed E-state index contributed by atoms with van der Waals surface area (Å²) in [6.07, 6.45) is 2.61. The zero-order valence-corrected chi connectivity index (χ0v) is 11.7. The standard InChI is InChI=1S/C14H23N3O/c1-11(2)9-12(10-17(3)4)16-14(18)13-7-5-6-8-15-13/h5-8,11-12H,9-10H2,1-4H3,(H,16,18). The number of likely N-dealkylation sites (N-methyl/N-ethyl adjacent to an activating group) is 1. The van der Waals surface area contributed by atoms with Crippen molar-refractivity contribution < 1.29 is 4.79 Å². The van der Waals surface area contributed by atoms with Gasteiger partial charge in [-0.2, -0.15) is 0 Å². The summed E-state index contributed by atoms with van der Waals surface area (Å²) in [5.74, 6) is 0.460. The number of carbonyl (C=O) groups is 1. The largest absolute Gasteiger partial charge is 0.347 e. The number of hydrogen-bond acceptors (Lipinski definition) is 3. The molecule has 1 aromatic rings. The zero-order chi connectivity index (χ0) is 13.5. The molecule has 0 aliphatic carbocycles. The van der Waals surface area contributed by atoms with Gasteiger partial charge in [-0.25, -0.2) is 0 Å². The second-order valence-corrected chi connectivity index (χ2v) is 5.28. The van der Waals surface area contributed by atoms with Gasteiger partial charge >= 0.3 is 0 Å². The third-order valence-corrected chi connectivity index (χ3v) is 2.57. The first-order chi connectivity index (χ1) is 8.49. The molecule has 0 aliphatic heterocycles. The first-order valence-corrected chi connectivity index (χ1v) is 6.35. The van der Waals surface area contributed by atoms with Gasteiger partial charge in [0.25, 0.3) is 5.91 Å². The van der Waals surface area contributed by atoms with Crippen LogP contribution in [0.1, 0.15) is 30.8 Å². The van der Waals surface area contributed by atoms with Crippen molar-refractivity contribution in [2.24, 2.45) is 5.92 Å². The summed E-state index contributed by atoms with van der Waals surface area (Å²) in [7, 11) is 4.03. The van der Waals surface area contributed by atoms with E-state index in [0.29, 0.717) is 11.6 Å². The van der Waals surface area contributed by atoms with Gasteiger partial charge in [0.05, 0.1) is 0 Å². The van der Waals surface area contributed by atoms with Gasteiger partial charge < -0.3 is 10.2 Å². The fourth-order valence-electron chi connectivity index (χ4n) is 1.95. The topological polar surface area (TPSA) is 45.2 Å². The molecule has 100 valence electrons. The van der Waals surface area contributed by atoms with Crippen molar-refractivity contribution in [1.29, 1.82) is 0 Å². The Hall–Kier alpha value is -1.42. The van der Waals surface area contributed by atoms with Gasteiger partial charge in [-0.15, -0.1) is 0 Å². The Morgan fingerprint density at radius 2 is 2.11 bits per heavy atom. The molecule has 0 aromatic carbocycles. The fourth-order valence-corrected chi connectivity index (χ4v) is 1.95. The predicted octanol–water partition coefficient (Wildman–Crippen LogP) is 1.79. The summed E-state index contributed by atoms with van der Waals surface area (Å²) in [5.41, 5.74) is 0.477. The first kappa shape index (κ1) is 14.6. The molecule has 0 radical (unpaired) electrons. The second-order valence-electron chi connectivity index (χ2n) is 5.28. The highest BCUT2D eigenvalue weighted by Crippen LogP contribution is 2.06. The SMILES string of the molecule is CC(C)CC(CN(C)C)NC(=O)c1ccccn1. The number of carbonyl (C=O) groups excluding carboxylic acids is 1. The number of rotatable bonds is 6. The molecule has 18 heavy (non-hydrogen) atoms. The molecule has 0 aliphatic rings. The number of aromatic nitrogens is 1. The maximum absolute atomic E-state index is 12.0. The Labute approximate surface area is 109 Å². The predicted molar refractivity (Wildman–Crippen MR) is 73.5 cm³/mol. The molecule has 1 rings (SSSR count). The quantitative estimate of drug-likeness (QED) is 0.836. The lowest BCUT2D eigenvalue weighted by atomic mass is 10.0.